The monoisotopic (exact) mass is 393 g/mol. The van der Waals surface area contributed by atoms with Gasteiger partial charge in [-0.3, -0.25) is 14.4 Å². The lowest BCUT2D eigenvalue weighted by Gasteiger charge is -2.20. The van der Waals surface area contributed by atoms with Crippen LogP contribution in [0.5, 0.6) is 11.5 Å². The van der Waals surface area contributed by atoms with Crippen molar-refractivity contribution in [1.29, 1.82) is 0 Å². The van der Waals surface area contributed by atoms with Crippen molar-refractivity contribution in [2.75, 3.05) is 44.7 Å². The van der Waals surface area contributed by atoms with Crippen LogP contribution in [0, 0.1) is 0 Å². The molecule has 1 aliphatic rings. The molecule has 154 valence electrons. The number of fused-ring (bicyclic) bond motifs is 1. The normalized spacial score (nSPS) is 13.6. The number of nitrogens with one attached hydrogen (secondary N) is 4. The third-order valence-electron chi connectivity index (χ3n) is 4.04. The first-order valence-corrected chi connectivity index (χ1v) is 9.46. The van der Waals surface area contributed by atoms with Gasteiger partial charge >= 0.3 is 0 Å². The molecule has 1 unspecified atom stereocenters. The van der Waals surface area contributed by atoms with Gasteiger partial charge in [0.15, 0.2) is 24.6 Å². The maximum atomic E-state index is 12.3. The first-order valence-electron chi connectivity index (χ1n) is 9.46. The summed E-state index contributed by atoms with van der Waals surface area (Å²) in [6.07, 6.45) is 0. The number of hydrogen-bond acceptors (Lipinski definition) is 5. The van der Waals surface area contributed by atoms with E-state index in [4.69, 9.17) is 9.47 Å². The van der Waals surface area contributed by atoms with Gasteiger partial charge < -0.3 is 30.3 Å². The Labute approximate surface area is 164 Å². The van der Waals surface area contributed by atoms with Gasteiger partial charge in [-0.1, -0.05) is 0 Å². The summed E-state index contributed by atoms with van der Waals surface area (Å²) in [7, 11) is 0. The minimum atomic E-state index is -0.275. The summed E-state index contributed by atoms with van der Waals surface area (Å²) in [5, 5.41) is 8.09. The molecule has 3 amide bonds. The number of carbonyl (C=O) groups is 3. The molecule has 0 fully saturated rings. The summed E-state index contributed by atoms with van der Waals surface area (Å²) < 4.78 is 11.0. The van der Waals surface area contributed by atoms with Crippen LogP contribution in [0.1, 0.15) is 20.8 Å². The predicted octanol–water partition coefficient (Wildman–Crippen LogP) is -1.06. The highest BCUT2D eigenvalue weighted by atomic mass is 16.6. The second-order valence-corrected chi connectivity index (χ2v) is 6.86. The van der Waals surface area contributed by atoms with Gasteiger partial charge in [-0.15, -0.1) is 0 Å². The zero-order valence-corrected chi connectivity index (χ0v) is 16.6. The van der Waals surface area contributed by atoms with E-state index in [1.54, 1.807) is 18.2 Å². The highest BCUT2D eigenvalue weighted by Crippen LogP contribution is 2.32. The predicted molar refractivity (Wildman–Crippen MR) is 104 cm³/mol. The lowest BCUT2D eigenvalue weighted by molar-refractivity contribution is -0.881. The van der Waals surface area contributed by atoms with E-state index in [9.17, 15) is 14.4 Å². The standard InChI is InChI=1S/C19H28N4O5/c1-4-23(11-18(25)20-10-17(24)21-13(2)3)12-19(26)22-14-5-6-15-16(9-14)28-8-7-27-15/h5-6,9,13H,4,7-8,10-12H2,1-3H3,(H,20,25)(H,21,24)(H,22,26)/p+1. The summed E-state index contributed by atoms with van der Waals surface area (Å²) >= 11 is 0. The van der Waals surface area contributed by atoms with Crippen molar-refractivity contribution in [3.05, 3.63) is 18.2 Å². The zero-order valence-electron chi connectivity index (χ0n) is 16.6. The molecule has 9 heteroatoms. The number of quaternary nitrogens is 1. The van der Waals surface area contributed by atoms with Gasteiger partial charge in [0.05, 0.1) is 13.1 Å². The van der Waals surface area contributed by atoms with Gasteiger partial charge in [-0.05, 0) is 32.9 Å². The van der Waals surface area contributed by atoms with Crippen molar-refractivity contribution in [2.24, 2.45) is 0 Å². The Morgan fingerprint density at radius 3 is 2.39 bits per heavy atom. The molecule has 0 saturated carbocycles. The van der Waals surface area contributed by atoms with Gasteiger partial charge in [-0.25, -0.2) is 0 Å². The number of likely N-dealkylation sites (N-methyl/N-ethyl adjacent to an activating group) is 1. The topological polar surface area (TPSA) is 110 Å². The molecule has 0 spiro atoms. The Hall–Kier alpha value is -2.81. The molecule has 1 aliphatic heterocycles. The largest absolute Gasteiger partial charge is 0.486 e. The van der Waals surface area contributed by atoms with Crippen LogP contribution in [0.2, 0.25) is 0 Å². The average molecular weight is 393 g/mol. The summed E-state index contributed by atoms with van der Waals surface area (Å²) in [6, 6.07) is 5.24. The van der Waals surface area contributed by atoms with Gasteiger partial charge in [0.1, 0.15) is 13.2 Å². The van der Waals surface area contributed by atoms with E-state index in [0.717, 1.165) is 4.90 Å². The molecular weight excluding hydrogens is 364 g/mol. The highest BCUT2D eigenvalue weighted by Gasteiger charge is 2.18. The molecule has 9 nitrogen and oxygen atoms in total. The maximum absolute atomic E-state index is 12.3. The molecule has 1 aromatic rings. The number of benzene rings is 1. The number of amides is 3. The zero-order chi connectivity index (χ0) is 20.5. The molecule has 4 N–H and O–H groups in total. The van der Waals surface area contributed by atoms with Gasteiger partial charge in [0, 0.05) is 17.8 Å². The van der Waals surface area contributed by atoms with Crippen molar-refractivity contribution in [3.63, 3.8) is 0 Å². The van der Waals surface area contributed by atoms with Crippen molar-refractivity contribution in [3.8, 4) is 11.5 Å². The van der Waals surface area contributed by atoms with Gasteiger partial charge in [-0.2, -0.15) is 0 Å². The van der Waals surface area contributed by atoms with Crippen LogP contribution in [0.4, 0.5) is 5.69 Å². The fourth-order valence-corrected chi connectivity index (χ4v) is 2.71. The van der Waals surface area contributed by atoms with Crippen LogP contribution in [0.15, 0.2) is 18.2 Å². The van der Waals surface area contributed by atoms with Gasteiger partial charge in [0.25, 0.3) is 11.8 Å². The van der Waals surface area contributed by atoms with E-state index in [0.29, 0.717) is 36.9 Å². The van der Waals surface area contributed by atoms with E-state index in [-0.39, 0.29) is 43.4 Å². The molecule has 28 heavy (non-hydrogen) atoms. The second kappa shape index (κ2) is 10.5. The smallest absolute Gasteiger partial charge is 0.279 e. The lowest BCUT2D eigenvalue weighted by Crippen LogP contribution is -3.14. The first kappa shape index (κ1) is 21.5. The minimum absolute atomic E-state index is 0.0198. The molecule has 0 aliphatic carbocycles. The van der Waals surface area contributed by atoms with Crippen molar-refractivity contribution < 1.29 is 28.8 Å². The Morgan fingerprint density at radius 1 is 1.04 bits per heavy atom. The van der Waals surface area contributed by atoms with E-state index < -0.39 is 0 Å². The van der Waals surface area contributed by atoms with E-state index in [1.165, 1.54) is 0 Å². The van der Waals surface area contributed by atoms with Crippen molar-refractivity contribution in [2.45, 2.75) is 26.8 Å². The summed E-state index contributed by atoms with van der Waals surface area (Å²) in [5.41, 5.74) is 0.611. The Bertz CT molecular complexity index is 708. The minimum Gasteiger partial charge on any atom is -0.486 e. The molecule has 1 aromatic carbocycles. The number of rotatable bonds is 9. The summed E-state index contributed by atoms with van der Waals surface area (Å²) in [5.74, 6) is 0.533. The molecule has 1 heterocycles. The third kappa shape index (κ3) is 7.07. The number of ether oxygens (including phenoxy) is 2. The highest BCUT2D eigenvalue weighted by molar-refractivity contribution is 5.92. The molecule has 0 radical (unpaired) electrons. The van der Waals surface area contributed by atoms with Crippen LogP contribution in [-0.4, -0.2) is 63.2 Å². The fourth-order valence-electron chi connectivity index (χ4n) is 2.71. The first-order chi connectivity index (χ1) is 13.4. The lowest BCUT2D eigenvalue weighted by atomic mass is 10.2. The quantitative estimate of drug-likeness (QED) is 0.428. The molecule has 1 atom stereocenters. The fraction of sp³-hybridized carbons (Fsp3) is 0.526. The van der Waals surface area contributed by atoms with E-state index >= 15 is 0 Å². The number of carbonyl (C=O) groups excluding carboxylic acids is 3. The van der Waals surface area contributed by atoms with Crippen LogP contribution < -0.4 is 30.3 Å². The van der Waals surface area contributed by atoms with Crippen LogP contribution in [0.25, 0.3) is 0 Å². The Morgan fingerprint density at radius 2 is 1.71 bits per heavy atom. The van der Waals surface area contributed by atoms with Crippen LogP contribution in [0.3, 0.4) is 0 Å². The van der Waals surface area contributed by atoms with Gasteiger partial charge in [0.2, 0.25) is 5.91 Å². The number of anilines is 1. The Kier molecular flexibility index (Phi) is 8.06. The summed E-state index contributed by atoms with van der Waals surface area (Å²) in [4.78, 5) is 36.7. The van der Waals surface area contributed by atoms with E-state index in [2.05, 4.69) is 16.0 Å². The second-order valence-electron chi connectivity index (χ2n) is 6.86. The molecule has 2 rings (SSSR count). The number of hydrogen-bond donors (Lipinski definition) is 4. The van der Waals surface area contributed by atoms with Crippen molar-refractivity contribution in [1.82, 2.24) is 10.6 Å². The molecule has 0 bridgehead atoms. The molecule has 0 aromatic heterocycles. The summed E-state index contributed by atoms with van der Waals surface area (Å²) in [6.45, 7) is 7.35. The SMILES string of the molecule is CC[NH+](CC(=O)NCC(=O)NC(C)C)CC(=O)Nc1ccc2c(c1)OCCO2. The maximum Gasteiger partial charge on any atom is 0.279 e. The third-order valence-corrected chi connectivity index (χ3v) is 4.04. The van der Waals surface area contributed by atoms with Crippen molar-refractivity contribution >= 4 is 23.4 Å². The van der Waals surface area contributed by atoms with Crippen LogP contribution >= 0.6 is 0 Å². The van der Waals surface area contributed by atoms with Crippen LogP contribution in [-0.2, 0) is 14.4 Å². The Balaban J connectivity index is 1.79. The molecular formula is C19H29N4O5+. The molecule has 0 saturated heterocycles. The van der Waals surface area contributed by atoms with E-state index in [1.807, 2.05) is 20.8 Å². The average Bonchev–Trinajstić information content (AvgIpc) is 2.65.